The van der Waals surface area contributed by atoms with Gasteiger partial charge < -0.3 is 10.0 Å². The molecule has 0 aliphatic carbocycles. The molecule has 1 aromatic heterocycles. The molecule has 0 radical (unpaired) electrons. The minimum absolute atomic E-state index is 0.0173. The lowest BCUT2D eigenvalue weighted by atomic mass is 9.98. The van der Waals surface area contributed by atoms with Gasteiger partial charge in [-0.05, 0) is 32.3 Å². The van der Waals surface area contributed by atoms with Gasteiger partial charge in [0.2, 0.25) is 5.91 Å². The summed E-state index contributed by atoms with van der Waals surface area (Å²) in [6, 6.07) is -0.0579. The lowest BCUT2D eigenvalue weighted by molar-refractivity contribution is -0.132. The van der Waals surface area contributed by atoms with Crippen LogP contribution in [0.1, 0.15) is 56.8 Å². The molecule has 1 fully saturated rings. The van der Waals surface area contributed by atoms with Crippen molar-refractivity contribution in [2.45, 2.75) is 64.5 Å². The van der Waals surface area contributed by atoms with Gasteiger partial charge in [0, 0.05) is 29.1 Å². The summed E-state index contributed by atoms with van der Waals surface area (Å²) < 4.78 is 0. The molecular weight excluding hydrogens is 296 g/mol. The van der Waals surface area contributed by atoms with Crippen LogP contribution >= 0.6 is 11.3 Å². The number of hydrogen-bond acceptors (Lipinski definition) is 4. The van der Waals surface area contributed by atoms with Crippen molar-refractivity contribution in [3.05, 3.63) is 22.2 Å². The van der Waals surface area contributed by atoms with Crippen molar-refractivity contribution >= 4 is 23.3 Å². The number of carbonyl (C=O) groups excluding carboxylic acids is 1. The standard InChI is InChI=1S/C17H26N2O2S/c1-12(20)14-7-5-6-10-19(14)15(21)9-8-13-11-18-16(22-13)17(2,3)4/h8-9,11-12,14,20H,5-7,10H2,1-4H3/b9-8+. The second-order valence-electron chi connectivity index (χ2n) is 6.99. The fraction of sp³-hybridized carbons (Fsp3) is 0.647. The van der Waals surface area contributed by atoms with Crippen molar-refractivity contribution in [3.63, 3.8) is 0 Å². The highest BCUT2D eigenvalue weighted by Gasteiger charge is 2.28. The van der Waals surface area contributed by atoms with Crippen LogP contribution in [0.25, 0.3) is 6.08 Å². The summed E-state index contributed by atoms with van der Waals surface area (Å²) in [5.74, 6) is -0.0173. The Hall–Kier alpha value is -1.20. The number of aromatic nitrogens is 1. The van der Waals surface area contributed by atoms with Crippen LogP contribution in [0.5, 0.6) is 0 Å². The molecule has 0 bridgehead atoms. The van der Waals surface area contributed by atoms with Gasteiger partial charge >= 0.3 is 0 Å². The van der Waals surface area contributed by atoms with E-state index in [4.69, 9.17) is 0 Å². The van der Waals surface area contributed by atoms with Gasteiger partial charge in [-0.15, -0.1) is 11.3 Å². The molecular formula is C17H26N2O2S. The summed E-state index contributed by atoms with van der Waals surface area (Å²) in [5.41, 5.74) is 0.0328. The fourth-order valence-corrected chi connectivity index (χ4v) is 3.57. The van der Waals surface area contributed by atoms with Crippen LogP contribution < -0.4 is 0 Å². The zero-order valence-electron chi connectivity index (χ0n) is 13.9. The van der Waals surface area contributed by atoms with Gasteiger partial charge in [0.1, 0.15) is 0 Å². The number of carbonyl (C=O) groups is 1. The molecule has 0 saturated carbocycles. The normalized spacial score (nSPS) is 21.3. The Morgan fingerprint density at radius 3 is 2.82 bits per heavy atom. The molecule has 1 aromatic rings. The number of aliphatic hydroxyl groups excluding tert-OH is 1. The second-order valence-corrected chi connectivity index (χ2v) is 8.05. The number of likely N-dealkylation sites (tertiary alicyclic amines) is 1. The van der Waals surface area contributed by atoms with E-state index in [0.29, 0.717) is 0 Å². The first kappa shape index (κ1) is 17.2. The second kappa shape index (κ2) is 6.92. The fourth-order valence-electron chi connectivity index (χ4n) is 2.69. The van der Waals surface area contributed by atoms with Gasteiger partial charge in [-0.25, -0.2) is 4.98 Å². The average molecular weight is 322 g/mol. The monoisotopic (exact) mass is 322 g/mol. The van der Waals surface area contributed by atoms with Gasteiger partial charge in [-0.2, -0.15) is 0 Å². The molecule has 0 spiro atoms. The molecule has 1 N–H and O–H groups in total. The van der Waals surface area contributed by atoms with E-state index in [1.54, 1.807) is 29.2 Å². The zero-order valence-corrected chi connectivity index (χ0v) is 14.7. The summed E-state index contributed by atoms with van der Waals surface area (Å²) in [6.45, 7) is 8.88. The molecule has 1 saturated heterocycles. The smallest absolute Gasteiger partial charge is 0.246 e. The number of piperidine rings is 1. The number of aliphatic hydroxyl groups is 1. The van der Waals surface area contributed by atoms with E-state index in [1.807, 2.05) is 12.3 Å². The Kier molecular flexibility index (Phi) is 5.40. The molecule has 1 amide bonds. The number of amides is 1. The summed E-state index contributed by atoms with van der Waals surface area (Å²) in [6.07, 6.45) is 7.76. The van der Waals surface area contributed by atoms with Crippen molar-refractivity contribution in [1.82, 2.24) is 9.88 Å². The molecule has 1 aliphatic rings. The lowest BCUT2D eigenvalue weighted by Crippen LogP contribution is -2.48. The molecule has 2 unspecified atom stereocenters. The Balaban J connectivity index is 2.05. The molecule has 122 valence electrons. The molecule has 5 heteroatoms. The maximum absolute atomic E-state index is 12.4. The Morgan fingerprint density at radius 1 is 1.50 bits per heavy atom. The van der Waals surface area contributed by atoms with Crippen LogP contribution in [0.15, 0.2) is 12.3 Å². The first-order valence-electron chi connectivity index (χ1n) is 7.92. The van der Waals surface area contributed by atoms with Crippen molar-refractivity contribution in [2.24, 2.45) is 0 Å². The topological polar surface area (TPSA) is 53.4 Å². The van der Waals surface area contributed by atoms with Gasteiger partial charge in [0.15, 0.2) is 0 Å². The van der Waals surface area contributed by atoms with Crippen molar-refractivity contribution in [2.75, 3.05) is 6.54 Å². The highest BCUT2D eigenvalue weighted by Crippen LogP contribution is 2.27. The molecule has 2 heterocycles. The molecule has 0 aromatic carbocycles. The zero-order chi connectivity index (χ0) is 16.3. The predicted molar refractivity (Wildman–Crippen MR) is 90.9 cm³/mol. The molecule has 1 aliphatic heterocycles. The summed E-state index contributed by atoms with van der Waals surface area (Å²) in [5, 5.41) is 10.9. The third kappa shape index (κ3) is 4.17. The number of nitrogens with zero attached hydrogens (tertiary/aromatic N) is 2. The highest BCUT2D eigenvalue weighted by atomic mass is 32.1. The van der Waals surface area contributed by atoms with Gasteiger partial charge in [-0.3, -0.25) is 4.79 Å². The molecule has 22 heavy (non-hydrogen) atoms. The van der Waals surface area contributed by atoms with Crippen LogP contribution in [0.4, 0.5) is 0 Å². The largest absolute Gasteiger partial charge is 0.391 e. The molecule has 4 nitrogen and oxygen atoms in total. The van der Waals surface area contributed by atoms with E-state index >= 15 is 0 Å². The number of rotatable bonds is 3. The minimum atomic E-state index is -0.478. The summed E-state index contributed by atoms with van der Waals surface area (Å²) in [7, 11) is 0. The Bertz CT molecular complexity index is 543. The minimum Gasteiger partial charge on any atom is -0.391 e. The van der Waals surface area contributed by atoms with Crippen LogP contribution in [-0.4, -0.2) is 39.6 Å². The van der Waals surface area contributed by atoms with Gasteiger partial charge in [0.05, 0.1) is 17.2 Å². The van der Waals surface area contributed by atoms with Crippen LogP contribution in [0.2, 0.25) is 0 Å². The van der Waals surface area contributed by atoms with E-state index in [0.717, 1.165) is 35.7 Å². The van der Waals surface area contributed by atoms with E-state index in [1.165, 1.54) is 0 Å². The van der Waals surface area contributed by atoms with E-state index in [9.17, 15) is 9.90 Å². The van der Waals surface area contributed by atoms with Crippen LogP contribution in [0.3, 0.4) is 0 Å². The van der Waals surface area contributed by atoms with E-state index in [-0.39, 0.29) is 17.4 Å². The average Bonchev–Trinajstić information content (AvgIpc) is 2.93. The third-order valence-electron chi connectivity index (χ3n) is 3.94. The number of thiazole rings is 1. The first-order chi connectivity index (χ1) is 10.3. The Labute approximate surface area is 136 Å². The van der Waals surface area contributed by atoms with Gasteiger partial charge in [0.25, 0.3) is 0 Å². The van der Waals surface area contributed by atoms with E-state index in [2.05, 4.69) is 25.8 Å². The first-order valence-corrected chi connectivity index (χ1v) is 8.74. The van der Waals surface area contributed by atoms with Crippen molar-refractivity contribution in [1.29, 1.82) is 0 Å². The van der Waals surface area contributed by atoms with Crippen molar-refractivity contribution in [3.8, 4) is 0 Å². The molecule has 2 atom stereocenters. The third-order valence-corrected chi connectivity index (χ3v) is 5.33. The molecule has 2 rings (SSSR count). The number of hydrogen-bond donors (Lipinski definition) is 1. The lowest BCUT2D eigenvalue weighted by Gasteiger charge is -2.36. The van der Waals surface area contributed by atoms with Crippen molar-refractivity contribution < 1.29 is 9.90 Å². The van der Waals surface area contributed by atoms with E-state index < -0.39 is 6.10 Å². The maximum atomic E-state index is 12.4. The maximum Gasteiger partial charge on any atom is 0.246 e. The van der Waals surface area contributed by atoms with Crippen LogP contribution in [0, 0.1) is 0 Å². The van der Waals surface area contributed by atoms with Crippen LogP contribution in [-0.2, 0) is 10.2 Å². The SMILES string of the molecule is CC(O)C1CCCCN1C(=O)/C=C/c1cnc(C(C)(C)C)s1. The quantitative estimate of drug-likeness (QED) is 0.869. The predicted octanol–water partition coefficient (Wildman–Crippen LogP) is 3.22. The van der Waals surface area contributed by atoms with Gasteiger partial charge in [-0.1, -0.05) is 20.8 Å². The highest BCUT2D eigenvalue weighted by molar-refractivity contribution is 7.12. The Morgan fingerprint density at radius 2 is 2.23 bits per heavy atom. The summed E-state index contributed by atoms with van der Waals surface area (Å²) >= 11 is 1.62. The summed E-state index contributed by atoms with van der Waals surface area (Å²) in [4.78, 5) is 19.6.